The molecule has 1 unspecified atom stereocenters. The van der Waals surface area contributed by atoms with Crippen molar-refractivity contribution in [3.8, 4) is 0 Å². The summed E-state index contributed by atoms with van der Waals surface area (Å²) in [4.78, 5) is 38.4. The summed E-state index contributed by atoms with van der Waals surface area (Å²) in [5, 5.41) is 19.8. The van der Waals surface area contributed by atoms with Crippen molar-refractivity contribution >= 4 is 44.7 Å². The van der Waals surface area contributed by atoms with Crippen LogP contribution in [0.5, 0.6) is 0 Å². The van der Waals surface area contributed by atoms with Crippen molar-refractivity contribution < 1.29 is 24.6 Å². The number of fused-ring (bicyclic) bond motifs is 1. The molecule has 1 aromatic carbocycles. The molecular formula is C18H20BrN3O5. The smallest absolute Gasteiger partial charge is 0.325 e. The molecule has 2 heterocycles. The van der Waals surface area contributed by atoms with E-state index in [1.165, 1.54) is 6.92 Å². The van der Waals surface area contributed by atoms with Gasteiger partial charge in [-0.1, -0.05) is 15.9 Å². The second-order valence-electron chi connectivity index (χ2n) is 6.55. The van der Waals surface area contributed by atoms with Crippen molar-refractivity contribution in [2.24, 2.45) is 0 Å². The standard InChI is InChI=1S/C18H20BrN3O5/c1-11(23)20-4-6-21(7-5-20)17(18(26)27)14-9-22(10-16(24)25)15-3-2-12(19)8-13(14)15/h2-3,8-9,17H,4-7,10H2,1H3,(H,24,25)(H,26,27). The summed E-state index contributed by atoms with van der Waals surface area (Å²) in [6.45, 7) is 3.07. The molecule has 1 aliphatic heterocycles. The summed E-state index contributed by atoms with van der Waals surface area (Å²) in [5.41, 5.74) is 1.22. The van der Waals surface area contributed by atoms with Crippen LogP contribution in [0.2, 0.25) is 0 Å². The predicted molar refractivity (Wildman–Crippen MR) is 101 cm³/mol. The lowest BCUT2D eigenvalue weighted by Crippen LogP contribution is -2.50. The van der Waals surface area contributed by atoms with Gasteiger partial charge in [0.15, 0.2) is 0 Å². The van der Waals surface area contributed by atoms with Crippen molar-refractivity contribution in [2.75, 3.05) is 26.2 Å². The molecule has 27 heavy (non-hydrogen) atoms. The van der Waals surface area contributed by atoms with Crippen molar-refractivity contribution in [3.63, 3.8) is 0 Å². The molecule has 1 aliphatic rings. The van der Waals surface area contributed by atoms with Gasteiger partial charge in [-0.3, -0.25) is 19.3 Å². The quantitative estimate of drug-likeness (QED) is 0.738. The first-order chi connectivity index (χ1) is 12.8. The third-order valence-corrected chi connectivity index (χ3v) is 5.33. The molecule has 0 bridgehead atoms. The third-order valence-electron chi connectivity index (χ3n) is 4.83. The van der Waals surface area contributed by atoms with Crippen LogP contribution in [0.25, 0.3) is 10.9 Å². The van der Waals surface area contributed by atoms with E-state index in [4.69, 9.17) is 0 Å². The molecular weight excluding hydrogens is 418 g/mol. The predicted octanol–water partition coefficient (Wildman–Crippen LogP) is 1.78. The molecule has 0 saturated carbocycles. The Morgan fingerprint density at radius 2 is 1.81 bits per heavy atom. The first-order valence-corrected chi connectivity index (χ1v) is 9.29. The van der Waals surface area contributed by atoms with Gasteiger partial charge in [-0.2, -0.15) is 0 Å². The monoisotopic (exact) mass is 437 g/mol. The average molecular weight is 438 g/mol. The zero-order valence-corrected chi connectivity index (χ0v) is 16.3. The number of aromatic nitrogens is 1. The Kier molecular flexibility index (Phi) is 5.52. The number of benzene rings is 1. The van der Waals surface area contributed by atoms with Gasteiger partial charge >= 0.3 is 11.9 Å². The average Bonchev–Trinajstić information content (AvgIpc) is 2.92. The number of hydrogen-bond donors (Lipinski definition) is 2. The van der Waals surface area contributed by atoms with Gasteiger partial charge in [-0.05, 0) is 18.2 Å². The molecule has 8 nitrogen and oxygen atoms in total. The largest absolute Gasteiger partial charge is 0.480 e. The molecule has 9 heteroatoms. The minimum absolute atomic E-state index is 0.0245. The van der Waals surface area contributed by atoms with Crippen molar-refractivity contribution in [3.05, 3.63) is 34.4 Å². The van der Waals surface area contributed by atoms with Crippen molar-refractivity contribution in [2.45, 2.75) is 19.5 Å². The highest BCUT2D eigenvalue weighted by molar-refractivity contribution is 9.10. The molecule has 144 valence electrons. The molecule has 1 amide bonds. The van der Waals surface area contributed by atoms with Gasteiger partial charge < -0.3 is 19.7 Å². The van der Waals surface area contributed by atoms with Crippen molar-refractivity contribution in [1.82, 2.24) is 14.4 Å². The lowest BCUT2D eigenvalue weighted by atomic mass is 10.0. The van der Waals surface area contributed by atoms with Gasteiger partial charge in [0.1, 0.15) is 12.6 Å². The third kappa shape index (κ3) is 3.98. The topological polar surface area (TPSA) is 103 Å². The number of carbonyl (C=O) groups excluding carboxylic acids is 1. The Bertz CT molecular complexity index is 902. The lowest BCUT2D eigenvalue weighted by molar-refractivity contribution is -0.145. The zero-order valence-electron chi connectivity index (χ0n) is 14.8. The van der Waals surface area contributed by atoms with E-state index in [-0.39, 0.29) is 12.5 Å². The minimum Gasteiger partial charge on any atom is -0.480 e. The Morgan fingerprint density at radius 3 is 2.37 bits per heavy atom. The molecule has 1 saturated heterocycles. The van der Waals surface area contributed by atoms with Gasteiger partial charge in [-0.25, -0.2) is 0 Å². The van der Waals surface area contributed by atoms with Crippen LogP contribution >= 0.6 is 15.9 Å². The maximum absolute atomic E-state index is 12.1. The Balaban J connectivity index is 2.02. The fourth-order valence-corrected chi connectivity index (χ4v) is 3.93. The highest BCUT2D eigenvalue weighted by Gasteiger charge is 2.33. The van der Waals surface area contributed by atoms with E-state index in [1.54, 1.807) is 27.8 Å². The Morgan fingerprint density at radius 1 is 1.15 bits per heavy atom. The SMILES string of the molecule is CC(=O)N1CCN(C(C(=O)O)c2cn(CC(=O)O)c3ccc(Br)cc23)CC1. The second kappa shape index (κ2) is 7.69. The van der Waals surface area contributed by atoms with E-state index >= 15 is 0 Å². The normalized spacial score (nSPS) is 16.4. The fourth-order valence-electron chi connectivity index (χ4n) is 3.57. The molecule has 0 radical (unpaired) electrons. The van der Waals surface area contributed by atoms with Crippen molar-refractivity contribution in [1.29, 1.82) is 0 Å². The number of carboxylic acids is 2. The summed E-state index contributed by atoms with van der Waals surface area (Å²) >= 11 is 3.40. The van der Waals surface area contributed by atoms with E-state index in [0.29, 0.717) is 42.6 Å². The number of hydrogen-bond acceptors (Lipinski definition) is 4. The fraction of sp³-hybridized carbons (Fsp3) is 0.389. The van der Waals surface area contributed by atoms with E-state index < -0.39 is 18.0 Å². The maximum atomic E-state index is 12.1. The summed E-state index contributed by atoms with van der Waals surface area (Å²) in [6.07, 6.45) is 1.61. The van der Waals surface area contributed by atoms with E-state index in [0.717, 1.165) is 4.47 Å². The highest BCUT2D eigenvalue weighted by Crippen LogP contribution is 2.33. The Labute approximate surface area is 164 Å². The maximum Gasteiger partial charge on any atom is 0.325 e. The van der Waals surface area contributed by atoms with Crippen LogP contribution in [0.4, 0.5) is 0 Å². The molecule has 3 rings (SSSR count). The van der Waals surface area contributed by atoms with E-state index in [9.17, 15) is 24.6 Å². The highest BCUT2D eigenvalue weighted by atomic mass is 79.9. The van der Waals surface area contributed by atoms with Crippen LogP contribution in [-0.2, 0) is 20.9 Å². The summed E-state index contributed by atoms with van der Waals surface area (Å²) in [7, 11) is 0. The number of nitrogens with zero attached hydrogens (tertiary/aromatic N) is 3. The van der Waals surface area contributed by atoms with Gasteiger partial charge in [0, 0.05) is 60.2 Å². The Hall–Kier alpha value is -2.39. The van der Waals surface area contributed by atoms with Crippen LogP contribution in [0, 0.1) is 0 Å². The first-order valence-electron chi connectivity index (χ1n) is 8.50. The van der Waals surface area contributed by atoms with Gasteiger partial charge in [0.25, 0.3) is 0 Å². The number of piperazine rings is 1. The number of carboxylic acid groups (broad SMARTS) is 2. The van der Waals surface area contributed by atoms with Gasteiger partial charge in [0.2, 0.25) is 5.91 Å². The molecule has 2 N–H and O–H groups in total. The van der Waals surface area contributed by atoms with Crippen LogP contribution in [-0.4, -0.2) is 68.6 Å². The molecule has 1 fully saturated rings. The van der Waals surface area contributed by atoms with Crippen LogP contribution in [0.3, 0.4) is 0 Å². The molecule has 0 aliphatic carbocycles. The first kappa shape index (κ1) is 19.4. The number of amides is 1. The second-order valence-corrected chi connectivity index (χ2v) is 7.47. The number of aliphatic carboxylic acids is 2. The number of carbonyl (C=O) groups is 3. The van der Waals surface area contributed by atoms with Crippen LogP contribution in [0.15, 0.2) is 28.9 Å². The lowest BCUT2D eigenvalue weighted by Gasteiger charge is -2.37. The van der Waals surface area contributed by atoms with Crippen LogP contribution < -0.4 is 0 Å². The summed E-state index contributed by atoms with van der Waals surface area (Å²) in [6, 6.07) is 4.47. The number of rotatable bonds is 5. The molecule has 1 aromatic heterocycles. The van der Waals surface area contributed by atoms with Gasteiger partial charge in [0.05, 0.1) is 0 Å². The zero-order chi connectivity index (χ0) is 19.7. The summed E-state index contributed by atoms with van der Waals surface area (Å²) < 4.78 is 2.34. The number of halogens is 1. The molecule has 2 aromatic rings. The van der Waals surface area contributed by atoms with Gasteiger partial charge in [-0.15, -0.1) is 0 Å². The minimum atomic E-state index is -0.999. The van der Waals surface area contributed by atoms with Crippen LogP contribution in [0.1, 0.15) is 18.5 Å². The molecule has 0 spiro atoms. The summed E-state index contributed by atoms with van der Waals surface area (Å²) in [5.74, 6) is -2.02. The van der Waals surface area contributed by atoms with E-state index in [2.05, 4.69) is 15.9 Å². The molecule has 1 atom stereocenters. The van der Waals surface area contributed by atoms with E-state index in [1.807, 2.05) is 11.0 Å².